The Balaban J connectivity index is 1.90. The van der Waals surface area contributed by atoms with Crippen molar-refractivity contribution in [1.29, 1.82) is 0 Å². The molecule has 1 amide bonds. The quantitative estimate of drug-likeness (QED) is 0.856. The second-order valence-electron chi connectivity index (χ2n) is 4.94. The summed E-state index contributed by atoms with van der Waals surface area (Å²) in [7, 11) is 0. The molecule has 0 unspecified atom stereocenters. The van der Waals surface area contributed by atoms with E-state index in [9.17, 15) is 4.79 Å². The lowest BCUT2D eigenvalue weighted by Crippen LogP contribution is -2.16. The van der Waals surface area contributed by atoms with Crippen molar-refractivity contribution >= 4 is 17.5 Å². The van der Waals surface area contributed by atoms with Crippen LogP contribution in [0.1, 0.15) is 24.5 Å². The molecule has 0 radical (unpaired) electrons. The third kappa shape index (κ3) is 4.87. The molecular weight excluding hydrogens is 264 g/mol. The Kier molecular flexibility index (Phi) is 5.26. The minimum absolute atomic E-state index is 0.0934. The predicted octanol–water partition coefficient (Wildman–Crippen LogP) is 2.79. The van der Waals surface area contributed by atoms with Gasteiger partial charge in [0.1, 0.15) is 5.82 Å². The number of benzene rings is 1. The van der Waals surface area contributed by atoms with E-state index in [1.807, 2.05) is 37.3 Å². The highest BCUT2D eigenvalue weighted by Crippen LogP contribution is 2.08. The number of carbonyl (C=O) groups is 1. The zero-order valence-corrected chi connectivity index (χ0v) is 12.4. The van der Waals surface area contributed by atoms with Crippen LogP contribution in [0.3, 0.4) is 0 Å². The Labute approximate surface area is 124 Å². The van der Waals surface area contributed by atoms with E-state index >= 15 is 0 Å². The van der Waals surface area contributed by atoms with Gasteiger partial charge in [-0.15, -0.1) is 10.2 Å². The van der Waals surface area contributed by atoms with Crippen molar-refractivity contribution in [2.75, 3.05) is 17.2 Å². The first-order valence-corrected chi connectivity index (χ1v) is 7.10. The molecule has 2 rings (SSSR count). The number of anilines is 2. The highest BCUT2D eigenvalue weighted by molar-refractivity contribution is 5.91. The minimum Gasteiger partial charge on any atom is -0.369 e. The van der Waals surface area contributed by atoms with E-state index in [-0.39, 0.29) is 5.91 Å². The first-order valence-electron chi connectivity index (χ1n) is 7.10. The Hall–Kier alpha value is -2.43. The summed E-state index contributed by atoms with van der Waals surface area (Å²) in [6, 6.07) is 11.5. The lowest BCUT2D eigenvalue weighted by Gasteiger charge is -2.06. The number of carbonyl (C=O) groups excluding carboxylic acids is 1. The molecule has 0 aliphatic carbocycles. The number of amides is 1. The van der Waals surface area contributed by atoms with Gasteiger partial charge < -0.3 is 10.6 Å². The van der Waals surface area contributed by atoms with Gasteiger partial charge in [0, 0.05) is 6.54 Å². The second kappa shape index (κ2) is 7.38. The summed E-state index contributed by atoms with van der Waals surface area (Å²) in [5.41, 5.74) is 2.13. The van der Waals surface area contributed by atoms with E-state index in [2.05, 4.69) is 27.8 Å². The van der Waals surface area contributed by atoms with Gasteiger partial charge in [0.15, 0.2) is 5.82 Å². The van der Waals surface area contributed by atoms with Gasteiger partial charge in [-0.3, -0.25) is 4.79 Å². The number of hydrogen-bond donors (Lipinski definition) is 2. The van der Waals surface area contributed by atoms with Crippen LogP contribution in [0.5, 0.6) is 0 Å². The molecule has 1 aromatic heterocycles. The van der Waals surface area contributed by atoms with Crippen LogP contribution >= 0.6 is 0 Å². The topological polar surface area (TPSA) is 66.9 Å². The summed E-state index contributed by atoms with van der Waals surface area (Å²) in [5, 5.41) is 13.9. The van der Waals surface area contributed by atoms with Crippen molar-refractivity contribution in [2.45, 2.75) is 26.7 Å². The summed E-state index contributed by atoms with van der Waals surface area (Å²) in [5.74, 6) is 1.09. The van der Waals surface area contributed by atoms with Crippen LogP contribution in [0, 0.1) is 6.92 Å². The monoisotopic (exact) mass is 284 g/mol. The molecule has 0 aliphatic rings. The number of nitrogens with zero attached hydrogens (tertiary/aromatic N) is 2. The number of hydrogen-bond acceptors (Lipinski definition) is 4. The van der Waals surface area contributed by atoms with Crippen LogP contribution < -0.4 is 10.6 Å². The van der Waals surface area contributed by atoms with Crippen molar-refractivity contribution in [2.24, 2.45) is 0 Å². The van der Waals surface area contributed by atoms with Crippen LogP contribution in [-0.4, -0.2) is 22.6 Å². The first kappa shape index (κ1) is 15.0. The number of rotatable bonds is 6. The minimum atomic E-state index is -0.0934. The molecule has 5 nitrogen and oxygen atoms in total. The number of aryl methyl sites for hydroxylation is 1. The molecule has 1 heterocycles. The fourth-order valence-electron chi connectivity index (χ4n) is 1.94. The second-order valence-corrected chi connectivity index (χ2v) is 4.94. The van der Waals surface area contributed by atoms with Gasteiger partial charge in [0.2, 0.25) is 5.91 Å². The molecule has 1 aromatic carbocycles. The normalized spacial score (nSPS) is 10.2. The van der Waals surface area contributed by atoms with Gasteiger partial charge >= 0.3 is 0 Å². The summed E-state index contributed by atoms with van der Waals surface area (Å²) >= 11 is 0. The van der Waals surface area contributed by atoms with Crippen molar-refractivity contribution in [3.63, 3.8) is 0 Å². The molecule has 0 aliphatic heterocycles. The molecular formula is C16H20N4O. The number of nitrogens with one attached hydrogen (secondary N) is 2. The van der Waals surface area contributed by atoms with Crippen molar-refractivity contribution in [1.82, 2.24) is 10.2 Å². The largest absolute Gasteiger partial charge is 0.369 e. The summed E-state index contributed by atoms with van der Waals surface area (Å²) in [4.78, 5) is 12.0. The van der Waals surface area contributed by atoms with Crippen molar-refractivity contribution in [3.05, 3.63) is 47.5 Å². The van der Waals surface area contributed by atoms with E-state index in [1.165, 1.54) is 0 Å². The molecule has 0 spiro atoms. The Morgan fingerprint density at radius 2 is 1.90 bits per heavy atom. The van der Waals surface area contributed by atoms with E-state index < -0.39 is 0 Å². The number of aromatic nitrogens is 2. The molecule has 2 aromatic rings. The predicted molar refractivity (Wildman–Crippen MR) is 84.3 cm³/mol. The Bertz CT molecular complexity index is 595. The van der Waals surface area contributed by atoms with Crippen LogP contribution in [0.15, 0.2) is 36.4 Å². The molecule has 21 heavy (non-hydrogen) atoms. The summed E-state index contributed by atoms with van der Waals surface area (Å²) in [6.07, 6.45) is 1.36. The first-order chi connectivity index (χ1) is 10.2. The van der Waals surface area contributed by atoms with Crippen LogP contribution in [0.2, 0.25) is 0 Å². The van der Waals surface area contributed by atoms with E-state index in [0.29, 0.717) is 18.1 Å². The Morgan fingerprint density at radius 1 is 1.14 bits per heavy atom. The van der Waals surface area contributed by atoms with Gasteiger partial charge in [0.05, 0.1) is 6.42 Å². The fourth-order valence-corrected chi connectivity index (χ4v) is 1.94. The van der Waals surface area contributed by atoms with Crippen molar-refractivity contribution < 1.29 is 4.79 Å². The summed E-state index contributed by atoms with van der Waals surface area (Å²) < 4.78 is 0. The van der Waals surface area contributed by atoms with Crippen LogP contribution in [-0.2, 0) is 11.2 Å². The third-order valence-corrected chi connectivity index (χ3v) is 2.94. The SMILES string of the molecule is CCCNc1ccc(NC(=O)Cc2cccc(C)c2)nn1. The third-order valence-electron chi connectivity index (χ3n) is 2.94. The zero-order valence-electron chi connectivity index (χ0n) is 12.4. The smallest absolute Gasteiger partial charge is 0.229 e. The maximum absolute atomic E-state index is 12.0. The average molecular weight is 284 g/mol. The molecule has 0 saturated heterocycles. The van der Waals surface area contributed by atoms with Crippen molar-refractivity contribution in [3.8, 4) is 0 Å². The molecule has 5 heteroatoms. The van der Waals surface area contributed by atoms with Gasteiger partial charge in [0.25, 0.3) is 0 Å². The lowest BCUT2D eigenvalue weighted by molar-refractivity contribution is -0.115. The standard InChI is InChI=1S/C16H20N4O/c1-3-9-17-14-7-8-15(20-19-14)18-16(21)11-13-6-4-5-12(2)10-13/h4-8,10H,3,9,11H2,1-2H3,(H,17,19)(H,18,20,21). The van der Waals surface area contributed by atoms with E-state index in [0.717, 1.165) is 24.1 Å². The molecule has 110 valence electrons. The van der Waals surface area contributed by atoms with Crippen LogP contribution in [0.25, 0.3) is 0 Å². The lowest BCUT2D eigenvalue weighted by atomic mass is 10.1. The fraction of sp³-hybridized carbons (Fsp3) is 0.312. The highest BCUT2D eigenvalue weighted by Gasteiger charge is 2.05. The maximum Gasteiger partial charge on any atom is 0.229 e. The molecule has 2 N–H and O–H groups in total. The zero-order chi connectivity index (χ0) is 15.1. The van der Waals surface area contributed by atoms with Gasteiger partial charge in [-0.1, -0.05) is 36.8 Å². The summed E-state index contributed by atoms with van der Waals surface area (Å²) in [6.45, 7) is 4.95. The molecule has 0 bridgehead atoms. The van der Waals surface area contributed by atoms with Gasteiger partial charge in [-0.2, -0.15) is 0 Å². The molecule has 0 saturated carbocycles. The Morgan fingerprint density at radius 3 is 2.57 bits per heavy atom. The van der Waals surface area contributed by atoms with Gasteiger partial charge in [-0.05, 0) is 31.0 Å². The highest BCUT2D eigenvalue weighted by atomic mass is 16.1. The van der Waals surface area contributed by atoms with Gasteiger partial charge in [-0.25, -0.2) is 0 Å². The molecule has 0 fully saturated rings. The van der Waals surface area contributed by atoms with E-state index in [1.54, 1.807) is 6.07 Å². The molecule has 0 atom stereocenters. The van der Waals surface area contributed by atoms with E-state index in [4.69, 9.17) is 0 Å². The van der Waals surface area contributed by atoms with Crippen LogP contribution in [0.4, 0.5) is 11.6 Å². The maximum atomic E-state index is 12.0. The average Bonchev–Trinajstić information content (AvgIpc) is 2.46.